The highest BCUT2D eigenvalue weighted by Gasteiger charge is 2.35. The molecule has 0 radical (unpaired) electrons. The van der Waals surface area contributed by atoms with E-state index in [-0.39, 0.29) is 18.6 Å². The Morgan fingerprint density at radius 1 is 1.14 bits per heavy atom. The highest BCUT2D eigenvalue weighted by molar-refractivity contribution is 6.06. The number of nitrogens with zero attached hydrogens (tertiary/aromatic N) is 5. The van der Waals surface area contributed by atoms with Gasteiger partial charge in [-0.2, -0.15) is 13.2 Å². The Balaban J connectivity index is 1.35. The van der Waals surface area contributed by atoms with Crippen LogP contribution in [0.3, 0.4) is 0 Å². The van der Waals surface area contributed by atoms with Crippen LogP contribution in [0.4, 0.5) is 19.0 Å². The van der Waals surface area contributed by atoms with Gasteiger partial charge in [0.2, 0.25) is 5.82 Å². The average Bonchev–Trinajstić information content (AvgIpc) is 3.15. The predicted octanol–water partition coefficient (Wildman–Crippen LogP) is 2.42. The molecule has 196 valence electrons. The lowest BCUT2D eigenvalue weighted by Gasteiger charge is -2.36. The smallest absolute Gasteiger partial charge is 0.389 e. The summed E-state index contributed by atoms with van der Waals surface area (Å²) >= 11 is 0. The van der Waals surface area contributed by atoms with Gasteiger partial charge in [0.1, 0.15) is 5.82 Å². The van der Waals surface area contributed by atoms with Crippen LogP contribution in [0.1, 0.15) is 34.2 Å². The fraction of sp³-hybridized carbons (Fsp3) is 0.440. The number of aliphatic hydroxyl groups excluding tert-OH is 1. The van der Waals surface area contributed by atoms with Crippen molar-refractivity contribution in [2.75, 3.05) is 50.8 Å². The number of benzene rings is 1. The number of carbonyl (C=O) groups is 1. The number of nitrogens with one attached hydrogen (secondary N) is 1. The van der Waals surface area contributed by atoms with Crippen LogP contribution in [0.2, 0.25) is 0 Å². The zero-order valence-electron chi connectivity index (χ0n) is 20.0. The molecule has 9 nitrogen and oxygen atoms in total. The van der Waals surface area contributed by atoms with Crippen molar-refractivity contribution in [3.05, 3.63) is 59.7 Å². The molecule has 4 heterocycles. The fourth-order valence-corrected chi connectivity index (χ4v) is 4.64. The number of pyridine rings is 1. The lowest BCUT2D eigenvalue weighted by atomic mass is 10.1. The van der Waals surface area contributed by atoms with Crippen molar-refractivity contribution < 1.29 is 27.8 Å². The van der Waals surface area contributed by atoms with Gasteiger partial charge in [-0.25, -0.2) is 15.0 Å². The highest BCUT2D eigenvalue weighted by atomic mass is 19.4. The lowest BCUT2D eigenvalue weighted by Crippen LogP contribution is -2.51. The molecule has 3 aromatic rings. The van der Waals surface area contributed by atoms with Crippen molar-refractivity contribution in [1.29, 1.82) is 0 Å². The summed E-state index contributed by atoms with van der Waals surface area (Å²) < 4.78 is 44.5. The molecule has 0 saturated carbocycles. The van der Waals surface area contributed by atoms with E-state index in [1.807, 2.05) is 23.1 Å². The second-order valence-corrected chi connectivity index (χ2v) is 9.17. The largest absolute Gasteiger partial charge is 0.451 e. The molecule has 37 heavy (non-hydrogen) atoms. The molecule has 0 bridgehead atoms. The van der Waals surface area contributed by atoms with E-state index in [4.69, 9.17) is 4.74 Å². The number of hydrogen-bond acceptors (Lipinski definition) is 8. The number of fused-ring (bicyclic) bond motifs is 1. The van der Waals surface area contributed by atoms with Gasteiger partial charge in [0.15, 0.2) is 0 Å². The second-order valence-electron chi connectivity index (χ2n) is 9.17. The topological polar surface area (TPSA) is 104 Å². The number of anilines is 1. The maximum atomic E-state index is 13.3. The summed E-state index contributed by atoms with van der Waals surface area (Å²) in [6.45, 7) is 3.50. The Labute approximate surface area is 211 Å². The Morgan fingerprint density at radius 2 is 1.92 bits per heavy atom. The van der Waals surface area contributed by atoms with Crippen LogP contribution in [-0.4, -0.2) is 82.9 Å². The lowest BCUT2D eigenvalue weighted by molar-refractivity contribution is -0.145. The minimum Gasteiger partial charge on any atom is -0.389 e. The maximum absolute atomic E-state index is 13.3. The Kier molecular flexibility index (Phi) is 7.22. The van der Waals surface area contributed by atoms with Crippen LogP contribution in [0.15, 0.2) is 42.7 Å². The summed E-state index contributed by atoms with van der Waals surface area (Å²) in [5.41, 5.74) is 1.59. The summed E-state index contributed by atoms with van der Waals surface area (Å²) in [5, 5.41) is 13.2. The van der Waals surface area contributed by atoms with Crippen molar-refractivity contribution in [2.24, 2.45) is 0 Å². The van der Waals surface area contributed by atoms with Crippen LogP contribution in [0.25, 0.3) is 10.9 Å². The standard InChI is InChI=1S/C25H27F3N6O3/c26-25(27,28)24-30-11-16(12-31-24)21(33-7-2-9-37-10-8-33)13-29-23(36)19-3-1-4-20-18(19)5-6-22(32-20)34-14-17(35)15-34/h1,3-6,11-12,17,21,35H,2,7-10,13-15H2,(H,29,36). The molecule has 1 atom stereocenters. The van der Waals surface area contributed by atoms with E-state index in [9.17, 15) is 23.1 Å². The molecule has 2 saturated heterocycles. The Bertz CT molecular complexity index is 1240. The van der Waals surface area contributed by atoms with E-state index in [0.29, 0.717) is 61.4 Å². The van der Waals surface area contributed by atoms with E-state index >= 15 is 0 Å². The molecule has 2 aromatic heterocycles. The zero-order chi connectivity index (χ0) is 26.0. The number of ether oxygens (including phenoxy) is 1. The van der Waals surface area contributed by atoms with E-state index in [0.717, 1.165) is 12.2 Å². The van der Waals surface area contributed by atoms with Crippen molar-refractivity contribution in [1.82, 2.24) is 25.2 Å². The van der Waals surface area contributed by atoms with E-state index in [1.165, 1.54) is 12.4 Å². The van der Waals surface area contributed by atoms with Crippen molar-refractivity contribution >= 4 is 22.6 Å². The minimum absolute atomic E-state index is 0.154. The van der Waals surface area contributed by atoms with Gasteiger partial charge in [0.05, 0.1) is 24.3 Å². The highest BCUT2D eigenvalue weighted by Crippen LogP contribution is 2.28. The van der Waals surface area contributed by atoms with E-state index in [2.05, 4.69) is 25.2 Å². The molecule has 2 aliphatic heterocycles. The van der Waals surface area contributed by atoms with Gasteiger partial charge in [-0.1, -0.05) is 6.07 Å². The SMILES string of the molecule is O=C(NCC(c1cnc(C(F)(F)F)nc1)N1CCCOCC1)c1cccc2nc(N3CC(O)C3)ccc12. The quantitative estimate of drug-likeness (QED) is 0.515. The first-order valence-corrected chi connectivity index (χ1v) is 12.1. The molecule has 1 unspecified atom stereocenters. The van der Waals surface area contributed by atoms with Gasteiger partial charge in [-0.05, 0) is 30.7 Å². The molecule has 2 fully saturated rings. The summed E-state index contributed by atoms with van der Waals surface area (Å²) in [5.74, 6) is -0.780. The van der Waals surface area contributed by atoms with Crippen molar-refractivity contribution in [3.63, 3.8) is 0 Å². The molecule has 1 amide bonds. The Hall–Kier alpha value is -3.35. The summed E-state index contributed by atoms with van der Waals surface area (Å²) in [4.78, 5) is 29.0. The number of carbonyl (C=O) groups excluding carboxylic acids is 1. The van der Waals surface area contributed by atoms with Gasteiger partial charge in [-0.3, -0.25) is 9.69 Å². The van der Waals surface area contributed by atoms with Crippen LogP contribution < -0.4 is 10.2 Å². The number of aromatic nitrogens is 3. The molecule has 2 aliphatic rings. The predicted molar refractivity (Wildman–Crippen MR) is 129 cm³/mol. The number of rotatable bonds is 6. The average molecular weight is 517 g/mol. The van der Waals surface area contributed by atoms with Crippen LogP contribution in [-0.2, 0) is 10.9 Å². The first kappa shape index (κ1) is 25.3. The van der Waals surface area contributed by atoms with Crippen LogP contribution in [0, 0.1) is 0 Å². The molecule has 1 aromatic carbocycles. The third-order valence-electron chi connectivity index (χ3n) is 6.61. The zero-order valence-corrected chi connectivity index (χ0v) is 20.0. The van der Waals surface area contributed by atoms with Gasteiger partial charge in [0, 0.05) is 68.2 Å². The third-order valence-corrected chi connectivity index (χ3v) is 6.61. The number of aliphatic hydroxyl groups is 1. The van der Waals surface area contributed by atoms with Gasteiger partial charge in [-0.15, -0.1) is 0 Å². The molecule has 2 N–H and O–H groups in total. The summed E-state index contributed by atoms with van der Waals surface area (Å²) in [7, 11) is 0. The van der Waals surface area contributed by atoms with Gasteiger partial charge >= 0.3 is 6.18 Å². The molecule has 0 spiro atoms. The number of β-amino-alcohol motifs (C(OH)–C–C–N with tert-alkyl or cyclic N) is 1. The number of halogens is 3. The summed E-state index contributed by atoms with van der Waals surface area (Å²) in [6, 6.07) is 8.53. The second kappa shape index (κ2) is 10.6. The monoisotopic (exact) mass is 516 g/mol. The van der Waals surface area contributed by atoms with Crippen molar-refractivity contribution in [3.8, 4) is 0 Å². The first-order valence-electron chi connectivity index (χ1n) is 12.1. The van der Waals surface area contributed by atoms with E-state index in [1.54, 1.807) is 12.1 Å². The van der Waals surface area contributed by atoms with Crippen LogP contribution in [0.5, 0.6) is 0 Å². The van der Waals surface area contributed by atoms with Gasteiger partial charge in [0.25, 0.3) is 5.91 Å². The third kappa shape index (κ3) is 5.65. The minimum atomic E-state index is -4.63. The molecule has 12 heteroatoms. The van der Waals surface area contributed by atoms with Crippen molar-refractivity contribution in [2.45, 2.75) is 24.7 Å². The normalized spacial score (nSPS) is 18.3. The van der Waals surface area contributed by atoms with Crippen LogP contribution >= 0.6 is 0 Å². The molecular formula is C25H27F3N6O3. The molecule has 5 rings (SSSR count). The molecule has 0 aliphatic carbocycles. The summed E-state index contributed by atoms with van der Waals surface area (Å²) in [6.07, 6.45) is -1.87. The van der Waals surface area contributed by atoms with Gasteiger partial charge < -0.3 is 20.1 Å². The fourth-order valence-electron chi connectivity index (χ4n) is 4.64. The Morgan fingerprint density at radius 3 is 2.65 bits per heavy atom. The maximum Gasteiger partial charge on any atom is 0.451 e. The molecular weight excluding hydrogens is 489 g/mol. The number of alkyl halides is 3. The number of hydrogen-bond donors (Lipinski definition) is 2. The first-order chi connectivity index (χ1) is 17.8. The van der Waals surface area contributed by atoms with E-state index < -0.39 is 18.0 Å². The number of amides is 1.